The fourth-order valence-corrected chi connectivity index (χ4v) is 3.24. The van der Waals surface area contributed by atoms with E-state index < -0.39 is 11.9 Å². The minimum absolute atomic E-state index is 0.0203. The van der Waals surface area contributed by atoms with Crippen molar-refractivity contribution in [3.8, 4) is 22.9 Å². The van der Waals surface area contributed by atoms with E-state index in [-0.39, 0.29) is 29.4 Å². The van der Waals surface area contributed by atoms with E-state index in [0.29, 0.717) is 5.76 Å². The van der Waals surface area contributed by atoms with E-state index >= 15 is 0 Å². The third kappa shape index (κ3) is 3.55. The molecule has 0 aromatic heterocycles. The Hall–Kier alpha value is -3.72. The molecule has 0 fully saturated rings. The number of phenols is 1. The van der Waals surface area contributed by atoms with E-state index in [4.69, 9.17) is 15.2 Å². The Bertz CT molecular complexity index is 1010. The number of nitrogens with zero attached hydrogens (tertiary/aromatic N) is 1. The highest BCUT2D eigenvalue weighted by Gasteiger charge is 2.36. The lowest BCUT2D eigenvalue weighted by molar-refractivity contribution is -0.139. The fraction of sp³-hybridized carbons (Fsp3) is 0.182. The van der Waals surface area contributed by atoms with Crippen molar-refractivity contribution in [2.45, 2.75) is 19.8 Å². The van der Waals surface area contributed by atoms with Gasteiger partial charge in [0, 0.05) is 0 Å². The van der Waals surface area contributed by atoms with Gasteiger partial charge in [-0.25, -0.2) is 4.79 Å². The summed E-state index contributed by atoms with van der Waals surface area (Å²) in [6.45, 7) is 3.55. The van der Waals surface area contributed by atoms with Gasteiger partial charge in [-0.05, 0) is 42.7 Å². The molecule has 28 heavy (non-hydrogen) atoms. The van der Waals surface area contributed by atoms with E-state index in [1.807, 2.05) is 24.3 Å². The van der Waals surface area contributed by atoms with E-state index in [2.05, 4.69) is 6.07 Å². The highest BCUT2D eigenvalue weighted by Crippen LogP contribution is 2.40. The molecule has 2 aromatic carbocycles. The Kier molecular flexibility index (Phi) is 5.37. The number of nitrogens with two attached hydrogens (primary N) is 1. The van der Waals surface area contributed by atoms with Crippen LogP contribution in [0.15, 0.2) is 71.3 Å². The number of aromatic hydroxyl groups is 1. The van der Waals surface area contributed by atoms with Crippen LogP contribution in [0.3, 0.4) is 0 Å². The van der Waals surface area contributed by atoms with Crippen molar-refractivity contribution < 1.29 is 19.4 Å². The first-order chi connectivity index (χ1) is 13.5. The minimum atomic E-state index is -0.685. The third-order valence-corrected chi connectivity index (χ3v) is 4.52. The summed E-state index contributed by atoms with van der Waals surface area (Å²) in [7, 11) is 0. The molecule has 1 unspecified atom stereocenters. The molecule has 0 aliphatic carbocycles. The first kappa shape index (κ1) is 19.1. The molecule has 1 aliphatic rings. The quantitative estimate of drug-likeness (QED) is 0.788. The number of carbonyl (C=O) groups is 1. The molecule has 6 heteroatoms. The number of nitriles is 1. The van der Waals surface area contributed by atoms with Gasteiger partial charge in [0.05, 0.1) is 18.1 Å². The zero-order valence-electron chi connectivity index (χ0n) is 15.6. The molecular formula is C22H20N2O4. The summed E-state index contributed by atoms with van der Waals surface area (Å²) in [6.07, 6.45) is 0. The van der Waals surface area contributed by atoms with Crippen LogP contribution in [0.5, 0.6) is 5.75 Å². The van der Waals surface area contributed by atoms with Crippen molar-refractivity contribution in [2.75, 3.05) is 6.61 Å². The number of carbonyl (C=O) groups excluding carboxylic acids is 1. The number of hydrogen-bond donors (Lipinski definition) is 2. The molecule has 2 aromatic rings. The van der Waals surface area contributed by atoms with Gasteiger partial charge in [0.1, 0.15) is 23.2 Å². The molecule has 0 spiro atoms. The molecule has 0 saturated heterocycles. The summed E-state index contributed by atoms with van der Waals surface area (Å²) >= 11 is 0. The van der Waals surface area contributed by atoms with Crippen LogP contribution in [0, 0.1) is 11.3 Å². The number of rotatable bonds is 4. The van der Waals surface area contributed by atoms with E-state index in [0.717, 1.165) is 16.7 Å². The molecule has 3 N–H and O–H groups in total. The van der Waals surface area contributed by atoms with Crippen LogP contribution in [0.25, 0.3) is 11.1 Å². The molecule has 3 rings (SSSR count). The van der Waals surface area contributed by atoms with Gasteiger partial charge in [-0.1, -0.05) is 36.4 Å². The molecule has 0 amide bonds. The number of phenolic OH excluding ortho intramolecular Hbond substituents is 1. The van der Waals surface area contributed by atoms with Gasteiger partial charge in [0.25, 0.3) is 0 Å². The topological polar surface area (TPSA) is 106 Å². The largest absolute Gasteiger partial charge is 0.508 e. The molecule has 1 aliphatic heterocycles. The maximum Gasteiger partial charge on any atom is 0.338 e. The van der Waals surface area contributed by atoms with E-state index in [1.54, 1.807) is 38.1 Å². The van der Waals surface area contributed by atoms with Crippen LogP contribution in [-0.4, -0.2) is 17.7 Å². The molecule has 0 saturated carbocycles. The van der Waals surface area contributed by atoms with Crippen molar-refractivity contribution in [1.29, 1.82) is 5.26 Å². The summed E-state index contributed by atoms with van der Waals surface area (Å²) in [5.74, 6) is -0.756. The monoisotopic (exact) mass is 376 g/mol. The predicted molar refractivity (Wildman–Crippen MR) is 104 cm³/mol. The zero-order chi connectivity index (χ0) is 20.3. The van der Waals surface area contributed by atoms with Crippen molar-refractivity contribution >= 4 is 5.97 Å². The SMILES string of the molecule is CCOC(=O)C1=C(C)OC(N)=C(C#N)C1c1cccc(-c2ccc(O)cc2)c1. The van der Waals surface area contributed by atoms with Crippen molar-refractivity contribution in [2.24, 2.45) is 5.73 Å². The van der Waals surface area contributed by atoms with Crippen LogP contribution >= 0.6 is 0 Å². The number of ether oxygens (including phenoxy) is 2. The summed E-state index contributed by atoms with van der Waals surface area (Å²) in [5.41, 5.74) is 8.84. The van der Waals surface area contributed by atoms with Crippen molar-refractivity contribution in [3.63, 3.8) is 0 Å². The van der Waals surface area contributed by atoms with Gasteiger partial charge >= 0.3 is 5.97 Å². The number of allylic oxidation sites excluding steroid dienone is 2. The van der Waals surface area contributed by atoms with Gasteiger partial charge in [-0.3, -0.25) is 0 Å². The van der Waals surface area contributed by atoms with Crippen LogP contribution < -0.4 is 5.73 Å². The molecular weight excluding hydrogens is 356 g/mol. The maximum atomic E-state index is 12.6. The van der Waals surface area contributed by atoms with Gasteiger partial charge in [-0.2, -0.15) is 5.26 Å². The molecule has 6 nitrogen and oxygen atoms in total. The second-order valence-electron chi connectivity index (χ2n) is 6.29. The Balaban J connectivity index is 2.13. The standard InChI is InChI=1S/C22H20N2O4/c1-3-27-22(26)19-13(2)28-21(24)18(12-23)20(19)16-6-4-5-15(11-16)14-7-9-17(25)10-8-14/h4-11,20,25H,3,24H2,1-2H3. The number of benzene rings is 2. The minimum Gasteiger partial charge on any atom is -0.508 e. The smallest absolute Gasteiger partial charge is 0.338 e. The first-order valence-electron chi connectivity index (χ1n) is 8.81. The number of esters is 1. The van der Waals surface area contributed by atoms with Gasteiger partial charge < -0.3 is 20.3 Å². The lowest BCUT2D eigenvalue weighted by atomic mass is 9.82. The Morgan fingerprint density at radius 3 is 2.61 bits per heavy atom. The Morgan fingerprint density at radius 2 is 1.96 bits per heavy atom. The Labute approximate surface area is 163 Å². The number of hydrogen-bond acceptors (Lipinski definition) is 6. The van der Waals surface area contributed by atoms with Crippen LogP contribution in [-0.2, 0) is 14.3 Å². The summed E-state index contributed by atoms with van der Waals surface area (Å²) in [6, 6.07) is 16.3. The van der Waals surface area contributed by atoms with Crippen molar-refractivity contribution in [3.05, 3.63) is 76.9 Å². The normalized spacial score (nSPS) is 16.4. The Morgan fingerprint density at radius 1 is 1.25 bits per heavy atom. The summed E-state index contributed by atoms with van der Waals surface area (Å²) in [4.78, 5) is 12.6. The first-order valence-corrected chi connectivity index (χ1v) is 8.81. The lowest BCUT2D eigenvalue weighted by Gasteiger charge is -2.27. The third-order valence-electron chi connectivity index (χ3n) is 4.52. The van der Waals surface area contributed by atoms with E-state index in [1.165, 1.54) is 0 Å². The summed E-state index contributed by atoms with van der Waals surface area (Å²) in [5, 5.41) is 19.2. The zero-order valence-corrected chi connectivity index (χ0v) is 15.6. The molecule has 1 atom stereocenters. The van der Waals surface area contributed by atoms with Crippen LogP contribution in [0.1, 0.15) is 25.3 Å². The second kappa shape index (κ2) is 7.89. The van der Waals surface area contributed by atoms with Gasteiger partial charge in [0.2, 0.25) is 5.88 Å². The fourth-order valence-electron chi connectivity index (χ4n) is 3.24. The van der Waals surface area contributed by atoms with Gasteiger partial charge in [0.15, 0.2) is 0 Å². The molecule has 0 bridgehead atoms. The highest BCUT2D eigenvalue weighted by molar-refractivity contribution is 5.92. The van der Waals surface area contributed by atoms with E-state index in [9.17, 15) is 15.2 Å². The molecule has 0 radical (unpaired) electrons. The van der Waals surface area contributed by atoms with Crippen LogP contribution in [0.2, 0.25) is 0 Å². The predicted octanol–water partition coefficient (Wildman–Crippen LogP) is 3.70. The molecule has 142 valence electrons. The highest BCUT2D eigenvalue weighted by atomic mass is 16.5. The summed E-state index contributed by atoms with van der Waals surface area (Å²) < 4.78 is 10.6. The average molecular weight is 376 g/mol. The second-order valence-corrected chi connectivity index (χ2v) is 6.29. The molecule has 1 heterocycles. The van der Waals surface area contributed by atoms with Crippen molar-refractivity contribution in [1.82, 2.24) is 0 Å². The lowest BCUT2D eigenvalue weighted by Crippen LogP contribution is -2.25. The van der Waals surface area contributed by atoms with Gasteiger partial charge in [-0.15, -0.1) is 0 Å². The average Bonchev–Trinajstić information content (AvgIpc) is 2.68. The maximum absolute atomic E-state index is 12.6. The van der Waals surface area contributed by atoms with Crippen LogP contribution in [0.4, 0.5) is 0 Å².